The summed E-state index contributed by atoms with van der Waals surface area (Å²) in [5.41, 5.74) is 12.0. The summed E-state index contributed by atoms with van der Waals surface area (Å²) in [6.07, 6.45) is 17.5. The Hall–Kier alpha value is -0.747. The molecule has 5 aliphatic rings. The van der Waals surface area contributed by atoms with Gasteiger partial charge in [-0.1, -0.05) is 159 Å². The zero-order valence-electron chi connectivity index (χ0n) is 28.9. The standard InChI is InChI=1S/C29H37.C11H17.2ClH.Zr/c1-18-25-22-17-19-13-9-10-14-20(19)24(22)21-15-11-12-16-23(21)29(25,8)28(6,7)27(4,5)26(18,2)3;1-5-9-6-7-10(8-9)11(2,3)4;;;/h9-11,13-15,23H,12,16-17H2,1-8H3;7-9H,5H2,1-4H3;2*1H;/q2*-1;;;+4/p-2. The van der Waals surface area contributed by atoms with Crippen molar-refractivity contribution in [1.82, 2.24) is 0 Å². The second kappa shape index (κ2) is 12.8. The Bertz CT molecular complexity index is 1360. The van der Waals surface area contributed by atoms with Crippen LogP contribution in [0.25, 0.3) is 5.57 Å². The fourth-order valence-corrected chi connectivity index (χ4v) is 8.78. The van der Waals surface area contributed by atoms with Crippen LogP contribution in [0.2, 0.25) is 0 Å². The molecule has 0 radical (unpaired) electrons. The monoisotopic (exact) mass is 694 g/mol. The molecule has 1 saturated carbocycles. The van der Waals surface area contributed by atoms with Crippen LogP contribution in [0.5, 0.6) is 0 Å². The quantitative estimate of drug-likeness (QED) is 0.349. The van der Waals surface area contributed by atoms with Crippen LogP contribution >= 0.6 is 0 Å². The first-order valence-electron chi connectivity index (χ1n) is 15.9. The second-order valence-corrected chi connectivity index (χ2v) is 16.0. The number of rotatable bonds is 1. The van der Waals surface area contributed by atoms with E-state index in [1.54, 1.807) is 28.2 Å². The van der Waals surface area contributed by atoms with E-state index in [1.165, 1.54) is 36.0 Å². The first-order valence-corrected chi connectivity index (χ1v) is 15.9. The summed E-state index contributed by atoms with van der Waals surface area (Å²) in [7, 11) is 0. The molecule has 0 aromatic heterocycles. The van der Waals surface area contributed by atoms with Crippen molar-refractivity contribution < 1.29 is 51.0 Å². The number of allylic oxidation sites excluding steroid dienone is 10. The van der Waals surface area contributed by atoms with Gasteiger partial charge in [0.05, 0.1) is 0 Å². The minimum Gasteiger partial charge on any atom is -1.00 e. The smallest absolute Gasteiger partial charge is 1.00 e. The van der Waals surface area contributed by atoms with Crippen molar-refractivity contribution in [2.24, 2.45) is 38.9 Å². The van der Waals surface area contributed by atoms with Crippen LogP contribution in [0, 0.1) is 50.9 Å². The van der Waals surface area contributed by atoms with Gasteiger partial charge in [-0.15, -0.1) is 6.92 Å². The first kappa shape index (κ1) is 38.4. The van der Waals surface area contributed by atoms with Crippen molar-refractivity contribution in [1.29, 1.82) is 0 Å². The number of halogens is 2. The molecule has 0 saturated heterocycles. The Kier molecular flexibility index (Phi) is 11.4. The topological polar surface area (TPSA) is 0 Å². The molecule has 3 heteroatoms. The van der Waals surface area contributed by atoms with E-state index in [2.05, 4.69) is 138 Å². The van der Waals surface area contributed by atoms with Crippen molar-refractivity contribution in [3.63, 3.8) is 0 Å². The van der Waals surface area contributed by atoms with Gasteiger partial charge >= 0.3 is 26.2 Å². The van der Waals surface area contributed by atoms with Gasteiger partial charge in [0, 0.05) is 0 Å². The third-order valence-electron chi connectivity index (χ3n) is 12.9. The van der Waals surface area contributed by atoms with E-state index in [1.807, 2.05) is 0 Å². The third-order valence-corrected chi connectivity index (χ3v) is 12.9. The number of hydrogen-bond acceptors (Lipinski definition) is 0. The Balaban J connectivity index is 0.000000396. The van der Waals surface area contributed by atoms with Gasteiger partial charge in [0.25, 0.3) is 0 Å². The molecule has 1 aromatic carbocycles. The van der Waals surface area contributed by atoms with Crippen LogP contribution in [-0.4, -0.2) is 0 Å². The second-order valence-electron chi connectivity index (χ2n) is 16.0. The number of fused-ring (bicyclic) bond motifs is 6. The van der Waals surface area contributed by atoms with E-state index in [4.69, 9.17) is 0 Å². The zero-order valence-corrected chi connectivity index (χ0v) is 32.8. The van der Waals surface area contributed by atoms with Crippen molar-refractivity contribution in [3.8, 4) is 0 Å². The molecule has 0 aliphatic heterocycles. The SMILES string of the molecule is CCC1[C-]=CC(C(C)(C)C)=C1.C[C-]1C2=C3Cc4ccccc4C3=C3C=CCCC3C2(C)C(C)(C)C(C)(C)C1(C)C.[Cl-].[Cl-].[Zr+4]. The van der Waals surface area contributed by atoms with Gasteiger partial charge in [-0.2, -0.15) is 22.8 Å². The predicted molar refractivity (Wildman–Crippen MR) is 173 cm³/mol. The van der Waals surface area contributed by atoms with E-state index < -0.39 is 0 Å². The maximum atomic E-state index is 3.35. The molecule has 232 valence electrons. The summed E-state index contributed by atoms with van der Waals surface area (Å²) >= 11 is 0. The molecule has 43 heavy (non-hydrogen) atoms. The molecule has 0 N–H and O–H groups in total. The van der Waals surface area contributed by atoms with Crippen molar-refractivity contribution >= 4 is 5.57 Å². The third kappa shape index (κ3) is 5.53. The molecule has 3 unspecified atom stereocenters. The van der Waals surface area contributed by atoms with E-state index >= 15 is 0 Å². The minimum atomic E-state index is 0. The van der Waals surface area contributed by atoms with Crippen LogP contribution in [0.15, 0.2) is 70.9 Å². The maximum absolute atomic E-state index is 3.35. The fraction of sp³-hybridized carbons (Fsp3) is 0.575. The Labute approximate surface area is 296 Å². The maximum Gasteiger partial charge on any atom is 4.00 e. The fourth-order valence-electron chi connectivity index (χ4n) is 8.78. The minimum absolute atomic E-state index is 0. The van der Waals surface area contributed by atoms with Crippen LogP contribution in [0.1, 0.15) is 113 Å². The van der Waals surface area contributed by atoms with Crippen LogP contribution in [-0.2, 0) is 32.6 Å². The van der Waals surface area contributed by atoms with E-state index in [9.17, 15) is 0 Å². The van der Waals surface area contributed by atoms with Gasteiger partial charge in [-0.3, -0.25) is 6.08 Å². The van der Waals surface area contributed by atoms with Crippen molar-refractivity contribution in [3.05, 3.63) is 94.0 Å². The molecule has 6 rings (SSSR count). The van der Waals surface area contributed by atoms with E-state index in [-0.39, 0.29) is 72.7 Å². The summed E-state index contributed by atoms with van der Waals surface area (Å²) < 4.78 is 0. The van der Waals surface area contributed by atoms with Crippen LogP contribution in [0.4, 0.5) is 0 Å². The summed E-state index contributed by atoms with van der Waals surface area (Å²) in [6.45, 7) is 29.2. The number of benzene rings is 1. The van der Waals surface area contributed by atoms with Crippen molar-refractivity contribution in [2.45, 2.75) is 109 Å². The molecule has 0 nitrogen and oxygen atoms in total. The predicted octanol–water partition coefficient (Wildman–Crippen LogP) is 5.33. The Morgan fingerprint density at radius 3 is 2.14 bits per heavy atom. The van der Waals surface area contributed by atoms with Gasteiger partial charge in [-0.25, -0.2) is 12.0 Å². The first-order chi connectivity index (χ1) is 18.5. The zero-order chi connectivity index (χ0) is 29.5. The average molecular weight is 697 g/mol. The van der Waals surface area contributed by atoms with Crippen LogP contribution < -0.4 is 24.8 Å². The molecular formula is C40H54Cl2Zr. The molecule has 0 bridgehead atoms. The van der Waals surface area contributed by atoms with Gasteiger partial charge in [0.2, 0.25) is 0 Å². The molecule has 1 aromatic rings. The Morgan fingerprint density at radius 2 is 1.58 bits per heavy atom. The van der Waals surface area contributed by atoms with E-state index in [0.29, 0.717) is 17.3 Å². The summed E-state index contributed by atoms with van der Waals surface area (Å²) in [4.78, 5) is 0. The molecule has 5 aliphatic carbocycles. The number of hydrogen-bond donors (Lipinski definition) is 0. The molecule has 0 heterocycles. The summed E-state index contributed by atoms with van der Waals surface area (Å²) in [5, 5.41) is 0. The largest absolute Gasteiger partial charge is 4.00 e. The molecule has 3 atom stereocenters. The van der Waals surface area contributed by atoms with Gasteiger partial charge in [0.15, 0.2) is 0 Å². The van der Waals surface area contributed by atoms with Crippen molar-refractivity contribution in [2.75, 3.05) is 0 Å². The molecule has 0 spiro atoms. The normalized spacial score (nSPS) is 28.6. The molecular weight excluding hydrogens is 643 g/mol. The average Bonchev–Trinajstić information content (AvgIpc) is 3.53. The molecule has 1 fully saturated rings. The van der Waals surface area contributed by atoms with Gasteiger partial charge < -0.3 is 24.8 Å². The molecule has 0 amide bonds. The summed E-state index contributed by atoms with van der Waals surface area (Å²) in [6, 6.07) is 9.16. The Morgan fingerprint density at radius 1 is 0.953 bits per heavy atom. The van der Waals surface area contributed by atoms with Gasteiger partial charge in [0.1, 0.15) is 0 Å². The summed E-state index contributed by atoms with van der Waals surface area (Å²) in [5.74, 6) is 2.81. The van der Waals surface area contributed by atoms with Crippen LogP contribution in [0.3, 0.4) is 0 Å². The van der Waals surface area contributed by atoms with Gasteiger partial charge in [-0.05, 0) is 40.6 Å². The van der Waals surface area contributed by atoms with E-state index in [0.717, 1.165) is 6.42 Å².